The third kappa shape index (κ3) is 4.04. The van der Waals surface area contributed by atoms with Crippen LogP contribution >= 0.6 is 15.9 Å². The summed E-state index contributed by atoms with van der Waals surface area (Å²) >= 11 is 3.18. The lowest BCUT2D eigenvalue weighted by molar-refractivity contribution is 0.0791. The smallest absolute Gasteiger partial charge is 0.254 e. The zero-order valence-electron chi connectivity index (χ0n) is 10.1. The van der Waals surface area contributed by atoms with Crippen LogP contribution in [0.25, 0.3) is 0 Å². The van der Waals surface area contributed by atoms with Crippen molar-refractivity contribution in [2.75, 3.05) is 18.6 Å². The highest BCUT2D eigenvalue weighted by Gasteiger charge is 2.12. The van der Waals surface area contributed by atoms with E-state index in [0.717, 1.165) is 5.75 Å². The number of hydrogen-bond acceptors (Lipinski definition) is 2. The van der Waals surface area contributed by atoms with Gasteiger partial charge in [0.05, 0.1) is 0 Å². The second-order valence-corrected chi connectivity index (χ2v) is 4.02. The van der Waals surface area contributed by atoms with Crippen molar-refractivity contribution in [2.24, 2.45) is 0 Å². The van der Waals surface area contributed by atoms with Crippen molar-refractivity contribution >= 4 is 21.8 Å². The van der Waals surface area contributed by atoms with E-state index in [1.54, 1.807) is 41.3 Å². The van der Waals surface area contributed by atoms with E-state index in [1.165, 1.54) is 0 Å². The van der Waals surface area contributed by atoms with Gasteiger partial charge in [-0.2, -0.15) is 0 Å². The standard InChI is InChI=1S/C14H16BrNO2/c1-3-9-16(10-4-2)14(17)12-5-7-13(8-6-12)18-11-15/h3-8H,1-2,9-11H2. The van der Waals surface area contributed by atoms with E-state index in [2.05, 4.69) is 29.1 Å². The predicted molar refractivity (Wildman–Crippen MR) is 77.2 cm³/mol. The molecular weight excluding hydrogens is 294 g/mol. The van der Waals surface area contributed by atoms with Crippen LogP contribution in [0.3, 0.4) is 0 Å². The molecule has 0 aliphatic carbocycles. The maximum atomic E-state index is 12.2. The number of carbonyl (C=O) groups excluding carboxylic acids is 1. The molecule has 3 nitrogen and oxygen atoms in total. The lowest BCUT2D eigenvalue weighted by atomic mass is 10.2. The summed E-state index contributed by atoms with van der Waals surface area (Å²) in [5, 5.41) is 0. The molecule has 0 N–H and O–H groups in total. The summed E-state index contributed by atoms with van der Waals surface area (Å²) in [5.74, 6) is 0.683. The molecule has 1 aromatic rings. The number of ether oxygens (including phenoxy) is 1. The Balaban J connectivity index is 2.80. The zero-order valence-corrected chi connectivity index (χ0v) is 11.7. The quantitative estimate of drug-likeness (QED) is 0.571. The summed E-state index contributed by atoms with van der Waals surface area (Å²) in [6, 6.07) is 7.04. The topological polar surface area (TPSA) is 29.5 Å². The van der Waals surface area contributed by atoms with Crippen molar-refractivity contribution in [1.82, 2.24) is 4.90 Å². The van der Waals surface area contributed by atoms with Crippen LogP contribution in [0, 0.1) is 0 Å². The van der Waals surface area contributed by atoms with Gasteiger partial charge >= 0.3 is 0 Å². The number of amides is 1. The first-order chi connectivity index (χ1) is 8.72. The molecule has 0 fully saturated rings. The number of carbonyl (C=O) groups is 1. The molecule has 0 heterocycles. The fourth-order valence-corrected chi connectivity index (χ4v) is 1.76. The molecule has 4 heteroatoms. The first kappa shape index (κ1) is 14.5. The monoisotopic (exact) mass is 309 g/mol. The molecule has 0 saturated carbocycles. The van der Waals surface area contributed by atoms with Crippen LogP contribution in [0.2, 0.25) is 0 Å². The molecule has 96 valence electrons. The van der Waals surface area contributed by atoms with Gasteiger partial charge in [-0.3, -0.25) is 4.79 Å². The molecule has 0 spiro atoms. The normalized spacial score (nSPS) is 9.61. The minimum Gasteiger partial charge on any atom is -0.482 e. The molecule has 0 aliphatic rings. The van der Waals surface area contributed by atoms with Crippen LogP contribution in [0.1, 0.15) is 10.4 Å². The lowest BCUT2D eigenvalue weighted by Gasteiger charge is -2.19. The Kier molecular flexibility index (Phi) is 6.22. The van der Waals surface area contributed by atoms with Gasteiger partial charge in [-0.1, -0.05) is 12.2 Å². The van der Waals surface area contributed by atoms with Gasteiger partial charge in [0.25, 0.3) is 5.91 Å². The highest BCUT2D eigenvalue weighted by molar-refractivity contribution is 9.09. The molecule has 0 radical (unpaired) electrons. The Morgan fingerprint density at radius 2 is 1.78 bits per heavy atom. The van der Waals surface area contributed by atoms with E-state index >= 15 is 0 Å². The minimum absolute atomic E-state index is 0.0415. The van der Waals surface area contributed by atoms with E-state index < -0.39 is 0 Å². The molecule has 0 aromatic heterocycles. The van der Waals surface area contributed by atoms with Gasteiger partial charge in [0.1, 0.15) is 11.3 Å². The van der Waals surface area contributed by atoms with E-state index in [4.69, 9.17) is 4.74 Å². The van der Waals surface area contributed by atoms with E-state index in [1.807, 2.05) is 0 Å². The molecule has 0 aliphatic heterocycles. The molecule has 0 atom stereocenters. The summed E-state index contributed by atoms with van der Waals surface area (Å²) in [6.07, 6.45) is 3.40. The molecule has 1 rings (SSSR count). The highest BCUT2D eigenvalue weighted by Crippen LogP contribution is 2.14. The first-order valence-electron chi connectivity index (χ1n) is 5.52. The number of hydrogen-bond donors (Lipinski definition) is 0. The van der Waals surface area contributed by atoms with Crippen molar-refractivity contribution in [3.05, 3.63) is 55.1 Å². The number of halogens is 1. The fraction of sp³-hybridized carbons (Fsp3) is 0.214. The van der Waals surface area contributed by atoms with Crippen LogP contribution in [0.5, 0.6) is 5.75 Å². The second-order valence-electron chi connectivity index (χ2n) is 3.57. The summed E-state index contributed by atoms with van der Waals surface area (Å²) in [7, 11) is 0. The molecule has 1 amide bonds. The third-order valence-electron chi connectivity index (χ3n) is 2.31. The zero-order chi connectivity index (χ0) is 13.4. The fourth-order valence-electron chi connectivity index (χ4n) is 1.49. The second kappa shape index (κ2) is 7.71. The Morgan fingerprint density at radius 1 is 1.22 bits per heavy atom. The summed E-state index contributed by atoms with van der Waals surface area (Å²) in [6.45, 7) is 8.30. The maximum absolute atomic E-state index is 12.2. The van der Waals surface area contributed by atoms with Gasteiger partial charge in [-0.05, 0) is 40.2 Å². The Morgan fingerprint density at radius 3 is 2.22 bits per heavy atom. The predicted octanol–water partition coefficient (Wildman–Crippen LogP) is 3.23. The SMILES string of the molecule is C=CCN(CC=C)C(=O)c1ccc(OCBr)cc1. The van der Waals surface area contributed by atoms with Crippen LogP contribution < -0.4 is 4.74 Å². The molecule has 0 unspecified atom stereocenters. The summed E-state index contributed by atoms with van der Waals surface area (Å²) in [5.41, 5.74) is 1.06. The molecule has 1 aromatic carbocycles. The van der Waals surface area contributed by atoms with Crippen molar-refractivity contribution in [1.29, 1.82) is 0 Å². The van der Waals surface area contributed by atoms with E-state index in [0.29, 0.717) is 24.2 Å². The molecule has 0 bridgehead atoms. The van der Waals surface area contributed by atoms with Gasteiger partial charge in [0.2, 0.25) is 0 Å². The molecule has 0 saturated heterocycles. The number of benzene rings is 1. The van der Waals surface area contributed by atoms with Gasteiger partial charge < -0.3 is 9.64 Å². The van der Waals surface area contributed by atoms with Crippen molar-refractivity contribution in [3.8, 4) is 5.75 Å². The maximum Gasteiger partial charge on any atom is 0.254 e. The van der Waals surface area contributed by atoms with Crippen molar-refractivity contribution in [3.63, 3.8) is 0 Å². The van der Waals surface area contributed by atoms with Crippen LogP contribution in [-0.2, 0) is 0 Å². The number of alkyl halides is 1. The third-order valence-corrected chi connectivity index (χ3v) is 2.54. The van der Waals surface area contributed by atoms with Gasteiger partial charge in [0, 0.05) is 18.7 Å². The van der Waals surface area contributed by atoms with Crippen LogP contribution in [0.15, 0.2) is 49.6 Å². The lowest BCUT2D eigenvalue weighted by Crippen LogP contribution is -2.31. The van der Waals surface area contributed by atoms with Crippen LogP contribution in [-0.4, -0.2) is 29.4 Å². The average Bonchev–Trinajstić information content (AvgIpc) is 2.39. The summed E-state index contributed by atoms with van der Waals surface area (Å²) in [4.78, 5) is 13.8. The number of nitrogens with zero attached hydrogens (tertiary/aromatic N) is 1. The highest BCUT2D eigenvalue weighted by atomic mass is 79.9. The Bertz CT molecular complexity index is 404. The largest absolute Gasteiger partial charge is 0.482 e. The Hall–Kier alpha value is -1.55. The molecular formula is C14H16BrNO2. The molecule has 18 heavy (non-hydrogen) atoms. The minimum atomic E-state index is -0.0415. The van der Waals surface area contributed by atoms with Gasteiger partial charge in [-0.15, -0.1) is 13.2 Å². The average molecular weight is 310 g/mol. The number of rotatable bonds is 7. The summed E-state index contributed by atoms with van der Waals surface area (Å²) < 4.78 is 5.26. The van der Waals surface area contributed by atoms with Crippen molar-refractivity contribution < 1.29 is 9.53 Å². The Labute approximate surface area is 116 Å². The van der Waals surface area contributed by atoms with E-state index in [-0.39, 0.29) is 5.91 Å². The van der Waals surface area contributed by atoms with Crippen LogP contribution in [0.4, 0.5) is 0 Å². The van der Waals surface area contributed by atoms with E-state index in [9.17, 15) is 4.79 Å². The van der Waals surface area contributed by atoms with Gasteiger partial charge in [0.15, 0.2) is 0 Å². The van der Waals surface area contributed by atoms with Gasteiger partial charge in [-0.25, -0.2) is 0 Å². The first-order valence-corrected chi connectivity index (χ1v) is 6.65. The van der Waals surface area contributed by atoms with Crippen molar-refractivity contribution in [2.45, 2.75) is 0 Å².